The van der Waals surface area contributed by atoms with Crippen molar-refractivity contribution in [2.24, 2.45) is 22.5 Å². The number of nitrogens with two attached hydrogens (primary N) is 2. The highest BCUT2D eigenvalue weighted by molar-refractivity contribution is 5.87. The van der Waals surface area contributed by atoms with Crippen LogP contribution >= 0.6 is 0 Å². The molecular weight excluding hydrogens is 452 g/mol. The molecule has 0 saturated carbocycles. The molecule has 3 atom stereocenters. The summed E-state index contributed by atoms with van der Waals surface area (Å²) in [7, 11) is 0. The SMILES string of the molecule is C[C@@H]1CCC[N+]1(C(N)=O)C(=O)[C@@H](Cc1ccccc1)N(CC(=O)O)CC1CCN(C(N)=NO)CC1. The maximum atomic E-state index is 14.1. The summed E-state index contributed by atoms with van der Waals surface area (Å²) in [6.07, 6.45) is 3.10. The van der Waals surface area contributed by atoms with Gasteiger partial charge in [-0.2, -0.15) is 4.48 Å². The number of quaternary nitrogens is 1. The lowest BCUT2D eigenvalue weighted by Crippen LogP contribution is -2.67. The molecule has 1 unspecified atom stereocenters. The molecule has 0 aliphatic carbocycles. The maximum absolute atomic E-state index is 14.1. The van der Waals surface area contributed by atoms with E-state index in [4.69, 9.17) is 16.7 Å². The second-order valence-corrected chi connectivity index (χ2v) is 9.68. The number of oxime groups is 1. The minimum atomic E-state index is -1.04. The predicted molar refractivity (Wildman–Crippen MR) is 129 cm³/mol. The molecule has 1 aromatic carbocycles. The van der Waals surface area contributed by atoms with E-state index in [1.807, 2.05) is 37.3 Å². The number of hydrogen-bond acceptors (Lipinski definition) is 6. The molecule has 6 N–H and O–H groups in total. The summed E-state index contributed by atoms with van der Waals surface area (Å²) in [6.45, 7) is 3.39. The number of urea groups is 1. The van der Waals surface area contributed by atoms with Crippen molar-refractivity contribution in [1.29, 1.82) is 0 Å². The van der Waals surface area contributed by atoms with Crippen molar-refractivity contribution in [1.82, 2.24) is 9.80 Å². The lowest BCUT2D eigenvalue weighted by Gasteiger charge is -2.40. The van der Waals surface area contributed by atoms with Crippen LogP contribution < -0.4 is 11.5 Å². The van der Waals surface area contributed by atoms with Crippen molar-refractivity contribution in [2.75, 3.05) is 32.7 Å². The monoisotopic (exact) mass is 489 g/mol. The van der Waals surface area contributed by atoms with Crippen LogP contribution in [-0.2, 0) is 16.0 Å². The Balaban J connectivity index is 1.91. The van der Waals surface area contributed by atoms with Crippen LogP contribution in [0.4, 0.5) is 4.79 Å². The number of primary amides is 1. The van der Waals surface area contributed by atoms with Gasteiger partial charge < -0.3 is 26.7 Å². The van der Waals surface area contributed by atoms with Gasteiger partial charge in [-0.25, -0.2) is 9.59 Å². The number of aliphatic carboxylic acids is 1. The van der Waals surface area contributed by atoms with Gasteiger partial charge in [-0.05, 0) is 31.2 Å². The van der Waals surface area contributed by atoms with Gasteiger partial charge in [0.2, 0.25) is 5.96 Å². The molecule has 35 heavy (non-hydrogen) atoms. The highest BCUT2D eigenvalue weighted by Crippen LogP contribution is 2.31. The molecule has 0 aromatic heterocycles. The Morgan fingerprint density at radius 3 is 2.34 bits per heavy atom. The fourth-order valence-electron chi connectivity index (χ4n) is 5.53. The Morgan fingerprint density at radius 2 is 1.83 bits per heavy atom. The Kier molecular flexibility index (Phi) is 8.68. The first-order valence-electron chi connectivity index (χ1n) is 12.1. The number of hydrogen-bond donors (Lipinski definition) is 4. The predicted octanol–water partition coefficient (Wildman–Crippen LogP) is 1.00. The Labute approximate surface area is 205 Å². The number of guanidine groups is 1. The number of benzene rings is 1. The van der Waals surface area contributed by atoms with Gasteiger partial charge in [0.05, 0.1) is 13.1 Å². The van der Waals surface area contributed by atoms with Crippen LogP contribution in [0.1, 0.15) is 38.2 Å². The number of piperidine rings is 1. The van der Waals surface area contributed by atoms with Gasteiger partial charge >= 0.3 is 17.9 Å². The molecule has 192 valence electrons. The summed E-state index contributed by atoms with van der Waals surface area (Å²) >= 11 is 0. The minimum absolute atomic E-state index is 0.0545. The molecule has 0 radical (unpaired) electrons. The number of nitrogens with zero attached hydrogens (tertiary/aromatic N) is 4. The Hall–Kier alpha value is -3.18. The van der Waals surface area contributed by atoms with Gasteiger partial charge in [0.1, 0.15) is 12.1 Å². The third-order valence-corrected chi connectivity index (χ3v) is 7.54. The lowest BCUT2D eigenvalue weighted by atomic mass is 9.94. The van der Waals surface area contributed by atoms with E-state index >= 15 is 0 Å². The fraction of sp³-hybridized carbons (Fsp3) is 0.583. The van der Waals surface area contributed by atoms with E-state index in [9.17, 15) is 19.5 Å². The van der Waals surface area contributed by atoms with Crippen LogP contribution in [-0.4, -0.2) is 93.3 Å². The first kappa shape index (κ1) is 26.4. The van der Waals surface area contributed by atoms with E-state index in [1.165, 1.54) is 0 Å². The number of likely N-dealkylation sites (tertiary alicyclic amines) is 2. The number of rotatable bonds is 8. The first-order chi connectivity index (χ1) is 16.7. The molecule has 11 heteroatoms. The minimum Gasteiger partial charge on any atom is -0.480 e. The van der Waals surface area contributed by atoms with Crippen LogP contribution in [0.3, 0.4) is 0 Å². The zero-order chi connectivity index (χ0) is 25.6. The standard InChI is InChI=1S/C24H36N6O5/c1-17-6-5-13-30(17,24(26)34)22(33)20(14-18-7-3-2-4-8-18)29(16-21(31)32)15-19-9-11-28(12-10-19)23(25)27-35/h2-4,7-8,17,19-20H,5-6,9-16H2,1H3,(H5-,25,26,27,31,32,34,35)/p+1/t17-,20-,30?/m1/s1. The zero-order valence-corrected chi connectivity index (χ0v) is 20.3. The first-order valence-corrected chi connectivity index (χ1v) is 12.1. The number of amides is 3. The van der Waals surface area contributed by atoms with Crippen molar-refractivity contribution in [3.8, 4) is 0 Å². The van der Waals surface area contributed by atoms with Crippen LogP contribution in [0.25, 0.3) is 0 Å². The normalized spacial score (nSPS) is 24.5. The molecular formula is C24H37N6O5+. The summed E-state index contributed by atoms with van der Waals surface area (Å²) in [5.74, 6) is -1.20. The second-order valence-electron chi connectivity index (χ2n) is 9.68. The van der Waals surface area contributed by atoms with Gasteiger partial charge in [0.25, 0.3) is 0 Å². The van der Waals surface area contributed by atoms with E-state index in [1.54, 1.807) is 9.80 Å². The van der Waals surface area contributed by atoms with Gasteiger partial charge in [0, 0.05) is 38.9 Å². The van der Waals surface area contributed by atoms with Crippen LogP contribution in [0.2, 0.25) is 0 Å². The van der Waals surface area contributed by atoms with Gasteiger partial charge in [-0.15, -0.1) is 0 Å². The van der Waals surface area contributed by atoms with E-state index in [0.29, 0.717) is 51.9 Å². The van der Waals surface area contributed by atoms with Gasteiger partial charge in [-0.3, -0.25) is 9.69 Å². The smallest absolute Gasteiger partial charge is 0.421 e. The highest BCUT2D eigenvalue weighted by atomic mass is 16.4. The summed E-state index contributed by atoms with van der Waals surface area (Å²) in [6, 6.07) is 7.67. The molecule has 2 aliphatic heterocycles. The van der Waals surface area contributed by atoms with E-state index in [-0.39, 0.29) is 36.8 Å². The van der Waals surface area contributed by atoms with Crippen molar-refractivity contribution in [2.45, 2.75) is 51.1 Å². The van der Waals surface area contributed by atoms with Crippen molar-refractivity contribution in [3.05, 3.63) is 35.9 Å². The highest BCUT2D eigenvalue weighted by Gasteiger charge is 2.54. The van der Waals surface area contributed by atoms with Crippen molar-refractivity contribution < 1.29 is 29.2 Å². The number of carboxylic acid groups (broad SMARTS) is 1. The summed E-state index contributed by atoms with van der Waals surface area (Å²) in [4.78, 5) is 42.2. The number of carbonyl (C=O) groups is 3. The lowest BCUT2D eigenvalue weighted by molar-refractivity contribution is -0.784. The summed E-state index contributed by atoms with van der Waals surface area (Å²) < 4.78 is -0.449. The number of imide groups is 1. The quantitative estimate of drug-likeness (QED) is 0.138. The Bertz CT molecular complexity index is 934. The van der Waals surface area contributed by atoms with Crippen LogP contribution in [0.5, 0.6) is 0 Å². The number of carbonyl (C=O) groups excluding carboxylic acids is 2. The molecule has 2 heterocycles. The fourth-order valence-corrected chi connectivity index (χ4v) is 5.53. The molecule has 11 nitrogen and oxygen atoms in total. The number of carboxylic acids is 1. The van der Waals surface area contributed by atoms with Crippen LogP contribution in [0.15, 0.2) is 35.5 Å². The third-order valence-electron chi connectivity index (χ3n) is 7.54. The van der Waals surface area contributed by atoms with Crippen molar-refractivity contribution in [3.63, 3.8) is 0 Å². The second kappa shape index (κ2) is 11.5. The summed E-state index contributed by atoms with van der Waals surface area (Å²) in [5.41, 5.74) is 12.4. The molecule has 3 rings (SSSR count). The van der Waals surface area contributed by atoms with E-state index in [0.717, 1.165) is 5.56 Å². The molecule has 0 spiro atoms. The molecule has 0 bridgehead atoms. The van der Waals surface area contributed by atoms with Crippen LogP contribution in [0, 0.1) is 5.92 Å². The van der Waals surface area contributed by atoms with E-state index < -0.39 is 22.5 Å². The average molecular weight is 490 g/mol. The van der Waals surface area contributed by atoms with Crippen molar-refractivity contribution >= 4 is 23.9 Å². The zero-order valence-electron chi connectivity index (χ0n) is 20.3. The van der Waals surface area contributed by atoms with Gasteiger partial charge in [0.15, 0.2) is 0 Å². The molecule has 3 amide bonds. The third kappa shape index (κ3) is 5.91. The molecule has 2 aliphatic rings. The molecule has 2 saturated heterocycles. The molecule has 1 aromatic rings. The Morgan fingerprint density at radius 1 is 1.17 bits per heavy atom. The summed E-state index contributed by atoms with van der Waals surface area (Å²) in [5, 5.41) is 21.7. The van der Waals surface area contributed by atoms with Gasteiger partial charge in [-0.1, -0.05) is 35.5 Å². The maximum Gasteiger partial charge on any atom is 0.421 e. The molecule has 2 fully saturated rings. The largest absolute Gasteiger partial charge is 0.480 e. The topological polar surface area (TPSA) is 163 Å². The van der Waals surface area contributed by atoms with E-state index in [2.05, 4.69) is 5.16 Å². The average Bonchev–Trinajstić information content (AvgIpc) is 3.24.